The summed E-state index contributed by atoms with van der Waals surface area (Å²) < 4.78 is 5.31. The van der Waals surface area contributed by atoms with Gasteiger partial charge in [0.1, 0.15) is 5.69 Å². The molecule has 0 aromatic carbocycles. The Bertz CT molecular complexity index is 963. The molecule has 28 heavy (non-hydrogen) atoms. The summed E-state index contributed by atoms with van der Waals surface area (Å²) in [5, 5.41) is 17.8. The Morgan fingerprint density at radius 3 is 2.82 bits per heavy atom. The molecule has 2 aliphatic heterocycles. The van der Waals surface area contributed by atoms with Gasteiger partial charge >= 0.3 is 0 Å². The monoisotopic (exact) mass is 413 g/mol. The topological polar surface area (TPSA) is 84.2 Å². The Morgan fingerprint density at radius 2 is 2.07 bits per heavy atom. The lowest BCUT2D eigenvalue weighted by Gasteiger charge is -2.31. The molecule has 5 rings (SSSR count). The lowest BCUT2D eigenvalue weighted by molar-refractivity contribution is -0.120. The maximum atomic E-state index is 12.6. The summed E-state index contributed by atoms with van der Waals surface area (Å²) in [6.45, 7) is 1.57. The van der Waals surface area contributed by atoms with Gasteiger partial charge in [-0.25, -0.2) is 0 Å². The van der Waals surface area contributed by atoms with Crippen molar-refractivity contribution >= 4 is 40.7 Å². The van der Waals surface area contributed by atoms with Crippen molar-refractivity contribution in [2.75, 3.05) is 23.3 Å². The van der Waals surface area contributed by atoms with Crippen LogP contribution in [-0.2, 0) is 16.3 Å². The number of hydrogen-bond acceptors (Lipinski definition) is 8. The lowest BCUT2D eigenvalue weighted by atomic mass is 9.96. The van der Waals surface area contributed by atoms with Gasteiger partial charge in [-0.3, -0.25) is 10.1 Å². The third kappa shape index (κ3) is 3.40. The highest BCUT2D eigenvalue weighted by Gasteiger charge is 2.29. The molecule has 2 aliphatic rings. The first kappa shape index (κ1) is 17.7. The zero-order chi connectivity index (χ0) is 18.9. The summed E-state index contributed by atoms with van der Waals surface area (Å²) in [6.07, 6.45) is 1.57. The fourth-order valence-electron chi connectivity index (χ4n) is 3.59. The number of thiophene rings is 1. The zero-order valence-corrected chi connectivity index (χ0v) is 16.8. The van der Waals surface area contributed by atoms with E-state index in [4.69, 9.17) is 4.52 Å². The van der Waals surface area contributed by atoms with Gasteiger partial charge in [-0.05, 0) is 36.4 Å². The molecule has 144 valence electrons. The standard InChI is InChI=1S/C19H19N5O2S2/c25-18(20-19-13-10-27-11-15(13)23-26-19)12-5-7-24(8-6-12)17-4-3-14(21-22-17)16-2-1-9-28-16/h1-4,9,12H,5-8,10-11H2,(H,20,25). The first-order valence-corrected chi connectivity index (χ1v) is 11.3. The summed E-state index contributed by atoms with van der Waals surface area (Å²) in [5.74, 6) is 3.11. The molecule has 1 fully saturated rings. The van der Waals surface area contributed by atoms with Gasteiger partial charge in [-0.2, -0.15) is 11.8 Å². The number of fused-ring (bicyclic) bond motifs is 1. The molecule has 1 N–H and O–H groups in total. The molecule has 0 spiro atoms. The molecule has 3 aromatic heterocycles. The van der Waals surface area contributed by atoms with Crippen molar-refractivity contribution < 1.29 is 9.32 Å². The largest absolute Gasteiger partial charge is 0.355 e. The van der Waals surface area contributed by atoms with Crippen LogP contribution in [0, 0.1) is 5.92 Å². The molecule has 3 aromatic rings. The molecule has 0 saturated carbocycles. The Hall–Kier alpha value is -2.39. The van der Waals surface area contributed by atoms with Gasteiger partial charge in [0.2, 0.25) is 11.8 Å². The highest BCUT2D eigenvalue weighted by Crippen LogP contribution is 2.35. The van der Waals surface area contributed by atoms with Crippen molar-refractivity contribution in [1.82, 2.24) is 15.4 Å². The van der Waals surface area contributed by atoms with E-state index in [0.717, 1.165) is 65.1 Å². The van der Waals surface area contributed by atoms with Gasteiger partial charge in [0, 0.05) is 30.5 Å². The van der Waals surface area contributed by atoms with Crippen LogP contribution in [0.25, 0.3) is 10.6 Å². The Balaban J connectivity index is 1.18. The first-order valence-electron chi connectivity index (χ1n) is 9.26. The summed E-state index contributed by atoms with van der Waals surface area (Å²) in [7, 11) is 0. The van der Waals surface area contributed by atoms with E-state index in [9.17, 15) is 4.79 Å². The molecule has 7 nitrogen and oxygen atoms in total. The number of thioether (sulfide) groups is 1. The van der Waals surface area contributed by atoms with E-state index in [0.29, 0.717) is 5.88 Å². The van der Waals surface area contributed by atoms with E-state index in [1.807, 2.05) is 29.6 Å². The number of nitrogens with one attached hydrogen (secondary N) is 1. The minimum absolute atomic E-state index is 0.0228. The molecular formula is C19H19N5O2S2. The van der Waals surface area contributed by atoms with Crippen molar-refractivity contribution in [3.05, 3.63) is 40.9 Å². The maximum Gasteiger partial charge on any atom is 0.235 e. The second-order valence-electron chi connectivity index (χ2n) is 6.93. The van der Waals surface area contributed by atoms with Gasteiger partial charge in [0.15, 0.2) is 5.82 Å². The fraction of sp³-hybridized carbons (Fsp3) is 0.368. The zero-order valence-electron chi connectivity index (χ0n) is 15.1. The van der Waals surface area contributed by atoms with Gasteiger partial charge in [0.05, 0.1) is 16.1 Å². The van der Waals surface area contributed by atoms with E-state index < -0.39 is 0 Å². The number of carbonyl (C=O) groups is 1. The number of amides is 1. The van der Waals surface area contributed by atoms with Crippen molar-refractivity contribution in [1.29, 1.82) is 0 Å². The fourth-order valence-corrected chi connectivity index (χ4v) is 5.30. The van der Waals surface area contributed by atoms with Crippen LogP contribution in [0.15, 0.2) is 34.2 Å². The molecular weight excluding hydrogens is 394 g/mol. The van der Waals surface area contributed by atoms with Crippen LogP contribution < -0.4 is 10.2 Å². The van der Waals surface area contributed by atoms with E-state index in [1.54, 1.807) is 23.1 Å². The van der Waals surface area contributed by atoms with Crippen LogP contribution in [-0.4, -0.2) is 34.4 Å². The third-order valence-electron chi connectivity index (χ3n) is 5.21. The Labute approximate surface area is 170 Å². The molecule has 0 unspecified atom stereocenters. The number of anilines is 2. The molecule has 5 heterocycles. The van der Waals surface area contributed by atoms with Crippen molar-refractivity contribution in [2.45, 2.75) is 24.3 Å². The van der Waals surface area contributed by atoms with Crippen LogP contribution in [0.5, 0.6) is 0 Å². The van der Waals surface area contributed by atoms with E-state index in [1.165, 1.54) is 0 Å². The Kier molecular flexibility index (Phi) is 4.77. The Morgan fingerprint density at radius 1 is 1.18 bits per heavy atom. The van der Waals surface area contributed by atoms with E-state index in [-0.39, 0.29) is 11.8 Å². The number of carbonyl (C=O) groups excluding carboxylic acids is 1. The molecule has 0 bridgehead atoms. The van der Waals surface area contributed by atoms with Crippen molar-refractivity contribution in [3.63, 3.8) is 0 Å². The number of nitrogens with zero attached hydrogens (tertiary/aromatic N) is 4. The smallest absolute Gasteiger partial charge is 0.235 e. The minimum atomic E-state index is -0.0237. The van der Waals surface area contributed by atoms with Crippen molar-refractivity contribution in [2.24, 2.45) is 5.92 Å². The van der Waals surface area contributed by atoms with Crippen LogP contribution in [0.4, 0.5) is 11.7 Å². The second-order valence-corrected chi connectivity index (χ2v) is 8.87. The summed E-state index contributed by atoms with van der Waals surface area (Å²) >= 11 is 3.45. The van der Waals surface area contributed by atoms with E-state index in [2.05, 4.69) is 25.6 Å². The van der Waals surface area contributed by atoms with Gasteiger partial charge in [-0.1, -0.05) is 11.2 Å². The number of piperidine rings is 1. The SMILES string of the molecule is O=C(Nc1onc2c1CSC2)C1CCN(c2ccc(-c3cccs3)nn2)CC1. The molecule has 1 saturated heterocycles. The first-order chi connectivity index (χ1) is 13.8. The van der Waals surface area contributed by atoms with Gasteiger partial charge in [0.25, 0.3) is 0 Å². The lowest BCUT2D eigenvalue weighted by Crippen LogP contribution is -2.38. The summed E-state index contributed by atoms with van der Waals surface area (Å²) in [5.41, 5.74) is 2.89. The highest BCUT2D eigenvalue weighted by atomic mass is 32.2. The van der Waals surface area contributed by atoms with Crippen LogP contribution in [0.3, 0.4) is 0 Å². The van der Waals surface area contributed by atoms with Crippen LogP contribution in [0.2, 0.25) is 0 Å². The maximum absolute atomic E-state index is 12.6. The molecule has 0 aliphatic carbocycles. The molecule has 0 atom stereocenters. The van der Waals surface area contributed by atoms with Gasteiger partial charge in [-0.15, -0.1) is 21.5 Å². The summed E-state index contributed by atoms with van der Waals surface area (Å²) in [4.78, 5) is 15.9. The van der Waals surface area contributed by atoms with Crippen LogP contribution >= 0.6 is 23.1 Å². The van der Waals surface area contributed by atoms with E-state index >= 15 is 0 Å². The predicted molar refractivity (Wildman–Crippen MR) is 110 cm³/mol. The highest BCUT2D eigenvalue weighted by molar-refractivity contribution is 7.98. The second kappa shape index (κ2) is 7.56. The molecule has 0 radical (unpaired) electrons. The molecule has 9 heteroatoms. The van der Waals surface area contributed by atoms with Crippen molar-refractivity contribution in [3.8, 4) is 10.6 Å². The molecule has 1 amide bonds. The average Bonchev–Trinajstić information content (AvgIpc) is 3.48. The van der Waals surface area contributed by atoms with Crippen LogP contribution in [0.1, 0.15) is 24.1 Å². The quantitative estimate of drug-likeness (QED) is 0.696. The number of rotatable bonds is 4. The van der Waals surface area contributed by atoms with Gasteiger partial charge < -0.3 is 9.42 Å². The average molecular weight is 414 g/mol. The minimum Gasteiger partial charge on any atom is -0.355 e. The number of hydrogen-bond donors (Lipinski definition) is 1. The predicted octanol–water partition coefficient (Wildman–Crippen LogP) is 3.80. The normalized spacial score (nSPS) is 16.9. The summed E-state index contributed by atoms with van der Waals surface area (Å²) in [6, 6.07) is 8.08. The third-order valence-corrected chi connectivity index (χ3v) is 7.07. The number of aromatic nitrogens is 3.